The Morgan fingerprint density at radius 2 is 1.71 bits per heavy atom. The Kier molecular flexibility index (Phi) is 7.33. The number of fused-ring (bicyclic) bond motifs is 1. The highest BCUT2D eigenvalue weighted by Crippen LogP contribution is 2.51. The minimum absolute atomic E-state index is 0.0595. The van der Waals surface area contributed by atoms with E-state index in [4.69, 9.17) is 4.74 Å². The highest BCUT2D eigenvalue weighted by Gasteiger charge is 2.47. The third-order valence-corrected chi connectivity index (χ3v) is 6.46. The summed E-state index contributed by atoms with van der Waals surface area (Å²) in [6, 6.07) is 15.5. The molecule has 0 fully saturated rings. The summed E-state index contributed by atoms with van der Waals surface area (Å²) in [6.07, 6.45) is -0.629. The van der Waals surface area contributed by atoms with E-state index in [9.17, 15) is 19.2 Å². The van der Waals surface area contributed by atoms with Gasteiger partial charge in [-0.3, -0.25) is 19.3 Å². The van der Waals surface area contributed by atoms with Crippen molar-refractivity contribution in [3.05, 3.63) is 59.7 Å². The summed E-state index contributed by atoms with van der Waals surface area (Å²) in [5.41, 5.74) is 2.45. The molecule has 0 saturated heterocycles. The lowest BCUT2D eigenvalue weighted by atomic mass is 9.65. The molecule has 0 spiro atoms. The Morgan fingerprint density at radius 1 is 1.06 bits per heavy atom. The lowest BCUT2D eigenvalue weighted by Crippen LogP contribution is -2.55. The van der Waals surface area contributed by atoms with Crippen LogP contribution >= 0.6 is 0 Å². The van der Waals surface area contributed by atoms with E-state index in [0.717, 1.165) is 21.7 Å². The number of hydrogen-bond acceptors (Lipinski definition) is 5. The van der Waals surface area contributed by atoms with Crippen LogP contribution in [0.4, 0.5) is 16.2 Å². The van der Waals surface area contributed by atoms with E-state index >= 15 is 0 Å². The normalized spacial score (nSPS) is 18.3. The van der Waals surface area contributed by atoms with E-state index in [0.29, 0.717) is 12.1 Å². The fraction of sp³-hybridized carbons (Fsp3) is 0.407. The van der Waals surface area contributed by atoms with Crippen molar-refractivity contribution >= 4 is 35.2 Å². The Labute approximate surface area is 206 Å². The third-order valence-electron chi connectivity index (χ3n) is 6.46. The zero-order valence-electron chi connectivity index (χ0n) is 21.2. The first-order valence-electron chi connectivity index (χ1n) is 11.6. The number of benzene rings is 2. The van der Waals surface area contributed by atoms with Crippen LogP contribution in [0.1, 0.15) is 58.6 Å². The SMILES string of the molecule is CCOC(=O)N(C)C(=O)CC(=O)Nc1ccc2c(c1)C(C)(c1ccccc1)CC(C)(C)N2C(C)=O. The first kappa shape index (κ1) is 25.9. The monoisotopic (exact) mass is 479 g/mol. The Morgan fingerprint density at radius 3 is 2.31 bits per heavy atom. The molecular weight excluding hydrogens is 446 g/mol. The maximum Gasteiger partial charge on any atom is 0.416 e. The Balaban J connectivity index is 1.95. The van der Waals surface area contributed by atoms with Crippen LogP contribution in [0.15, 0.2) is 48.5 Å². The summed E-state index contributed by atoms with van der Waals surface area (Å²) >= 11 is 0. The van der Waals surface area contributed by atoms with Gasteiger partial charge in [0.1, 0.15) is 6.42 Å². The molecule has 8 nitrogen and oxygen atoms in total. The first-order valence-corrected chi connectivity index (χ1v) is 11.6. The number of nitrogens with zero attached hydrogens (tertiary/aromatic N) is 2. The van der Waals surface area contributed by atoms with Crippen molar-refractivity contribution in [1.29, 1.82) is 0 Å². The highest BCUT2D eigenvalue weighted by atomic mass is 16.6. The number of hydrogen-bond donors (Lipinski definition) is 1. The first-order chi connectivity index (χ1) is 16.4. The molecule has 4 amide bonds. The van der Waals surface area contributed by atoms with Crippen LogP contribution in [0.3, 0.4) is 0 Å². The van der Waals surface area contributed by atoms with Crippen LogP contribution < -0.4 is 10.2 Å². The second-order valence-electron chi connectivity index (χ2n) is 9.65. The zero-order chi connectivity index (χ0) is 26.0. The Bertz CT molecular complexity index is 1140. The molecule has 0 aromatic heterocycles. The molecule has 0 radical (unpaired) electrons. The summed E-state index contributed by atoms with van der Waals surface area (Å²) in [4.78, 5) is 51.9. The highest BCUT2D eigenvalue weighted by molar-refractivity contribution is 6.07. The predicted molar refractivity (Wildman–Crippen MR) is 134 cm³/mol. The number of rotatable bonds is 5. The van der Waals surface area contributed by atoms with Crippen LogP contribution in [0.2, 0.25) is 0 Å². The summed E-state index contributed by atoms with van der Waals surface area (Å²) in [7, 11) is 1.27. The van der Waals surface area contributed by atoms with Gasteiger partial charge in [0.15, 0.2) is 0 Å². The minimum atomic E-state index is -0.801. The number of nitrogens with one attached hydrogen (secondary N) is 1. The molecule has 0 saturated carbocycles. The largest absolute Gasteiger partial charge is 0.449 e. The van der Waals surface area contributed by atoms with Gasteiger partial charge in [0.05, 0.1) is 6.61 Å². The molecule has 35 heavy (non-hydrogen) atoms. The van der Waals surface area contributed by atoms with Crippen LogP contribution in [0.5, 0.6) is 0 Å². The maximum atomic E-state index is 12.7. The van der Waals surface area contributed by atoms with Crippen molar-refractivity contribution in [2.24, 2.45) is 0 Å². The standard InChI is InChI=1S/C27H33N3O5/c1-7-35-25(34)29(6)24(33)16-23(32)28-20-13-14-22-21(15-20)27(5,19-11-9-8-10-12-19)17-26(3,4)30(22)18(2)31/h8-15H,7,16-17H2,1-6H3,(H,28,32). The molecule has 186 valence electrons. The second-order valence-corrected chi connectivity index (χ2v) is 9.65. The number of carbonyl (C=O) groups is 4. The van der Waals surface area contributed by atoms with E-state index in [1.54, 1.807) is 24.8 Å². The lowest BCUT2D eigenvalue weighted by Gasteiger charge is -2.51. The molecule has 1 aliphatic rings. The lowest BCUT2D eigenvalue weighted by molar-refractivity contribution is -0.132. The van der Waals surface area contributed by atoms with Gasteiger partial charge in [-0.15, -0.1) is 0 Å². The molecule has 3 rings (SSSR count). The fourth-order valence-electron chi connectivity index (χ4n) is 5.06. The van der Waals surface area contributed by atoms with Gasteiger partial charge in [0, 0.05) is 36.3 Å². The average Bonchev–Trinajstić information content (AvgIpc) is 2.78. The number of anilines is 2. The van der Waals surface area contributed by atoms with Crippen molar-refractivity contribution in [3.63, 3.8) is 0 Å². The average molecular weight is 480 g/mol. The van der Waals surface area contributed by atoms with Crippen molar-refractivity contribution < 1.29 is 23.9 Å². The minimum Gasteiger partial charge on any atom is -0.449 e. The van der Waals surface area contributed by atoms with Gasteiger partial charge in [-0.25, -0.2) is 4.79 Å². The van der Waals surface area contributed by atoms with Crippen molar-refractivity contribution in [3.8, 4) is 0 Å². The maximum absolute atomic E-state index is 12.7. The smallest absolute Gasteiger partial charge is 0.416 e. The molecule has 1 unspecified atom stereocenters. The fourth-order valence-corrected chi connectivity index (χ4v) is 5.06. The molecule has 1 heterocycles. The molecule has 8 heteroatoms. The van der Waals surface area contributed by atoms with E-state index in [-0.39, 0.29) is 12.5 Å². The van der Waals surface area contributed by atoms with Crippen molar-refractivity contribution in [1.82, 2.24) is 4.90 Å². The van der Waals surface area contributed by atoms with Crippen LogP contribution in [-0.4, -0.2) is 47.9 Å². The molecule has 2 aromatic rings. The summed E-state index contributed by atoms with van der Waals surface area (Å²) < 4.78 is 4.80. The molecule has 2 aromatic carbocycles. The molecule has 1 aliphatic heterocycles. The second kappa shape index (κ2) is 9.90. The van der Waals surface area contributed by atoms with Gasteiger partial charge < -0.3 is 15.0 Å². The van der Waals surface area contributed by atoms with Crippen LogP contribution in [-0.2, 0) is 24.5 Å². The molecule has 0 bridgehead atoms. The van der Waals surface area contributed by atoms with E-state index in [2.05, 4.69) is 38.2 Å². The summed E-state index contributed by atoms with van der Waals surface area (Å²) in [5.74, 6) is -1.28. The molecule has 0 aliphatic carbocycles. The Hall–Kier alpha value is -3.68. The summed E-state index contributed by atoms with van der Waals surface area (Å²) in [5, 5.41) is 2.76. The zero-order valence-corrected chi connectivity index (χ0v) is 21.2. The van der Waals surface area contributed by atoms with Gasteiger partial charge in [0.2, 0.25) is 17.7 Å². The quantitative estimate of drug-likeness (QED) is 0.639. The van der Waals surface area contributed by atoms with Crippen LogP contribution in [0, 0.1) is 0 Å². The predicted octanol–water partition coefficient (Wildman–Crippen LogP) is 4.47. The number of ether oxygens (including phenoxy) is 1. The van der Waals surface area contributed by atoms with Crippen LogP contribution in [0.25, 0.3) is 0 Å². The van der Waals surface area contributed by atoms with E-state index in [1.807, 2.05) is 30.3 Å². The van der Waals surface area contributed by atoms with Gasteiger partial charge in [-0.1, -0.05) is 37.3 Å². The van der Waals surface area contributed by atoms with Gasteiger partial charge in [0.25, 0.3) is 0 Å². The number of carbonyl (C=O) groups excluding carboxylic acids is 4. The van der Waals surface area contributed by atoms with Gasteiger partial charge in [-0.2, -0.15) is 0 Å². The van der Waals surface area contributed by atoms with E-state index in [1.165, 1.54) is 7.05 Å². The van der Waals surface area contributed by atoms with Crippen molar-refractivity contribution in [2.45, 2.75) is 58.4 Å². The summed E-state index contributed by atoms with van der Waals surface area (Å²) in [6.45, 7) is 9.57. The molecular formula is C27H33N3O5. The van der Waals surface area contributed by atoms with E-state index < -0.39 is 35.3 Å². The van der Waals surface area contributed by atoms with Gasteiger partial charge >= 0.3 is 6.09 Å². The molecule has 1 atom stereocenters. The topological polar surface area (TPSA) is 96.0 Å². The third kappa shape index (κ3) is 5.21. The van der Waals surface area contributed by atoms with Crippen molar-refractivity contribution in [2.75, 3.05) is 23.9 Å². The number of imide groups is 1. The number of amides is 4. The van der Waals surface area contributed by atoms with Gasteiger partial charge in [-0.05, 0) is 56.5 Å². The molecule has 1 N–H and O–H groups in total.